The SMILES string of the molecule is O=C1NC2(C(=O)Nc3cccc(Cl)c3)CCC(=O)N2c2ccccc21. The lowest BCUT2D eigenvalue weighted by Gasteiger charge is -2.41. The molecule has 3 amide bonds. The fraction of sp³-hybridized carbons (Fsp3) is 0.167. The van der Waals surface area contributed by atoms with Crippen molar-refractivity contribution in [3.05, 3.63) is 59.1 Å². The highest BCUT2D eigenvalue weighted by atomic mass is 35.5. The molecule has 2 aromatic carbocycles. The topological polar surface area (TPSA) is 78.5 Å². The van der Waals surface area contributed by atoms with Gasteiger partial charge in [-0.1, -0.05) is 29.8 Å². The molecule has 0 spiro atoms. The summed E-state index contributed by atoms with van der Waals surface area (Å²) in [5.74, 6) is -1.04. The van der Waals surface area contributed by atoms with E-state index in [-0.39, 0.29) is 24.7 Å². The molecule has 7 heteroatoms. The summed E-state index contributed by atoms with van der Waals surface area (Å²) in [6.45, 7) is 0. The first-order chi connectivity index (χ1) is 12.0. The molecule has 0 aromatic heterocycles. The van der Waals surface area contributed by atoms with Gasteiger partial charge in [0.15, 0.2) is 0 Å². The number of anilines is 2. The second kappa shape index (κ2) is 5.60. The quantitative estimate of drug-likeness (QED) is 0.869. The molecule has 2 heterocycles. The summed E-state index contributed by atoms with van der Waals surface area (Å²) in [7, 11) is 0. The van der Waals surface area contributed by atoms with Gasteiger partial charge < -0.3 is 10.6 Å². The second-order valence-corrected chi connectivity index (χ2v) is 6.46. The Morgan fingerprint density at radius 1 is 1.16 bits per heavy atom. The summed E-state index contributed by atoms with van der Waals surface area (Å²) in [6, 6.07) is 13.5. The van der Waals surface area contributed by atoms with Crippen LogP contribution in [0.1, 0.15) is 23.2 Å². The van der Waals surface area contributed by atoms with Gasteiger partial charge in [-0.15, -0.1) is 0 Å². The van der Waals surface area contributed by atoms with Crippen LogP contribution in [-0.4, -0.2) is 23.4 Å². The van der Waals surface area contributed by atoms with Gasteiger partial charge in [0.05, 0.1) is 11.3 Å². The van der Waals surface area contributed by atoms with Crippen molar-refractivity contribution in [1.82, 2.24) is 5.32 Å². The van der Waals surface area contributed by atoms with E-state index in [1.165, 1.54) is 4.90 Å². The molecule has 0 radical (unpaired) electrons. The first-order valence-corrected chi connectivity index (χ1v) is 8.21. The van der Waals surface area contributed by atoms with Crippen LogP contribution in [0.2, 0.25) is 5.02 Å². The number of para-hydroxylation sites is 1. The van der Waals surface area contributed by atoms with Crippen LogP contribution in [0.4, 0.5) is 11.4 Å². The average Bonchev–Trinajstić information content (AvgIpc) is 2.93. The second-order valence-electron chi connectivity index (χ2n) is 6.03. The molecule has 126 valence electrons. The van der Waals surface area contributed by atoms with Crippen molar-refractivity contribution in [3.63, 3.8) is 0 Å². The third-order valence-corrected chi connectivity index (χ3v) is 4.73. The first-order valence-electron chi connectivity index (χ1n) is 7.83. The maximum Gasteiger partial charge on any atom is 0.271 e. The first kappa shape index (κ1) is 15.7. The van der Waals surface area contributed by atoms with E-state index in [2.05, 4.69) is 10.6 Å². The highest BCUT2D eigenvalue weighted by molar-refractivity contribution is 6.31. The van der Waals surface area contributed by atoms with Crippen molar-refractivity contribution in [2.24, 2.45) is 0 Å². The van der Waals surface area contributed by atoms with E-state index in [1.807, 2.05) is 0 Å². The van der Waals surface area contributed by atoms with E-state index in [9.17, 15) is 14.4 Å². The number of amides is 3. The zero-order chi connectivity index (χ0) is 17.6. The molecule has 1 fully saturated rings. The molecule has 1 saturated heterocycles. The van der Waals surface area contributed by atoms with Crippen molar-refractivity contribution in [2.75, 3.05) is 10.2 Å². The number of halogens is 1. The average molecular weight is 356 g/mol. The minimum Gasteiger partial charge on any atom is -0.322 e. The van der Waals surface area contributed by atoms with Crippen molar-refractivity contribution >= 4 is 40.7 Å². The van der Waals surface area contributed by atoms with Gasteiger partial charge in [0, 0.05) is 23.6 Å². The Bertz CT molecular complexity index is 914. The molecule has 2 aliphatic heterocycles. The molecule has 4 rings (SSSR count). The van der Waals surface area contributed by atoms with Gasteiger partial charge in [-0.25, -0.2) is 0 Å². The predicted molar refractivity (Wildman–Crippen MR) is 93.4 cm³/mol. The fourth-order valence-electron chi connectivity index (χ4n) is 3.37. The van der Waals surface area contributed by atoms with Gasteiger partial charge in [-0.3, -0.25) is 19.3 Å². The van der Waals surface area contributed by atoms with E-state index in [4.69, 9.17) is 11.6 Å². The predicted octanol–water partition coefficient (Wildman–Crippen LogP) is 2.55. The summed E-state index contributed by atoms with van der Waals surface area (Å²) in [6.07, 6.45) is 0.385. The molecule has 1 atom stereocenters. The van der Waals surface area contributed by atoms with Gasteiger partial charge in [-0.2, -0.15) is 0 Å². The van der Waals surface area contributed by atoms with Crippen LogP contribution in [0, 0.1) is 0 Å². The van der Waals surface area contributed by atoms with Crippen molar-refractivity contribution in [2.45, 2.75) is 18.5 Å². The summed E-state index contributed by atoms with van der Waals surface area (Å²) >= 11 is 5.95. The van der Waals surface area contributed by atoms with Gasteiger partial charge in [0.25, 0.3) is 11.8 Å². The van der Waals surface area contributed by atoms with Gasteiger partial charge in [0.2, 0.25) is 11.6 Å². The largest absolute Gasteiger partial charge is 0.322 e. The number of benzene rings is 2. The normalized spacial score (nSPS) is 21.4. The number of hydrogen-bond donors (Lipinski definition) is 2. The lowest BCUT2D eigenvalue weighted by atomic mass is 9.98. The van der Waals surface area contributed by atoms with E-state index in [1.54, 1.807) is 48.5 Å². The number of nitrogens with zero attached hydrogens (tertiary/aromatic N) is 1. The lowest BCUT2D eigenvalue weighted by molar-refractivity contribution is -0.124. The van der Waals surface area contributed by atoms with Crippen LogP contribution in [0.5, 0.6) is 0 Å². The molecule has 2 aromatic rings. The number of fused-ring (bicyclic) bond motifs is 3. The Morgan fingerprint density at radius 3 is 2.76 bits per heavy atom. The van der Waals surface area contributed by atoms with Crippen LogP contribution in [0.15, 0.2) is 48.5 Å². The number of carbonyl (C=O) groups is 3. The number of carbonyl (C=O) groups excluding carboxylic acids is 3. The smallest absolute Gasteiger partial charge is 0.271 e. The molecule has 25 heavy (non-hydrogen) atoms. The van der Waals surface area contributed by atoms with E-state index >= 15 is 0 Å². The van der Waals surface area contributed by atoms with Crippen LogP contribution in [0.3, 0.4) is 0 Å². The van der Waals surface area contributed by atoms with Crippen molar-refractivity contribution in [3.8, 4) is 0 Å². The van der Waals surface area contributed by atoms with Crippen LogP contribution in [0.25, 0.3) is 0 Å². The Kier molecular flexibility index (Phi) is 3.51. The minimum atomic E-state index is -1.43. The summed E-state index contributed by atoms with van der Waals surface area (Å²) in [4.78, 5) is 39.4. The van der Waals surface area contributed by atoms with E-state index in [0.29, 0.717) is 22.0 Å². The third-order valence-electron chi connectivity index (χ3n) is 4.50. The number of hydrogen-bond acceptors (Lipinski definition) is 3. The molecule has 1 unspecified atom stereocenters. The van der Waals surface area contributed by atoms with Gasteiger partial charge in [0.1, 0.15) is 0 Å². The van der Waals surface area contributed by atoms with Gasteiger partial charge in [-0.05, 0) is 30.3 Å². The highest BCUT2D eigenvalue weighted by Crippen LogP contribution is 2.39. The lowest BCUT2D eigenvalue weighted by Crippen LogP contribution is -2.68. The Labute approximate surface area is 148 Å². The zero-order valence-electron chi connectivity index (χ0n) is 13.1. The highest BCUT2D eigenvalue weighted by Gasteiger charge is 2.56. The summed E-state index contributed by atoms with van der Waals surface area (Å²) in [5.41, 5.74) is -0.0941. The summed E-state index contributed by atoms with van der Waals surface area (Å²) in [5, 5.41) is 5.97. The van der Waals surface area contributed by atoms with Crippen LogP contribution < -0.4 is 15.5 Å². The fourth-order valence-corrected chi connectivity index (χ4v) is 3.56. The van der Waals surface area contributed by atoms with E-state index < -0.39 is 11.6 Å². The van der Waals surface area contributed by atoms with Crippen molar-refractivity contribution in [1.29, 1.82) is 0 Å². The molecule has 6 nitrogen and oxygen atoms in total. The Hall–Kier alpha value is -2.86. The maximum absolute atomic E-state index is 13.0. The zero-order valence-corrected chi connectivity index (χ0v) is 13.8. The molecule has 2 aliphatic rings. The molecule has 0 aliphatic carbocycles. The monoisotopic (exact) mass is 355 g/mol. The van der Waals surface area contributed by atoms with Crippen molar-refractivity contribution < 1.29 is 14.4 Å². The van der Waals surface area contributed by atoms with Crippen LogP contribution in [-0.2, 0) is 9.59 Å². The maximum atomic E-state index is 13.0. The van der Waals surface area contributed by atoms with Crippen LogP contribution >= 0.6 is 11.6 Å². The van der Waals surface area contributed by atoms with E-state index in [0.717, 1.165) is 0 Å². The summed E-state index contributed by atoms with van der Waals surface area (Å²) < 4.78 is 0. The standard InChI is InChI=1S/C18H14ClN3O3/c19-11-4-3-5-12(10-11)20-17(25)18-9-8-15(23)22(18)14-7-2-1-6-13(14)16(24)21-18/h1-7,10H,8-9H2,(H,20,25)(H,21,24). The molecular formula is C18H14ClN3O3. The molecule has 0 bridgehead atoms. The molecule has 0 saturated carbocycles. The number of nitrogens with one attached hydrogen (secondary N) is 2. The number of rotatable bonds is 2. The molecular weight excluding hydrogens is 342 g/mol. The molecule has 2 N–H and O–H groups in total. The Balaban J connectivity index is 1.76. The van der Waals surface area contributed by atoms with Gasteiger partial charge >= 0.3 is 0 Å². The third kappa shape index (κ3) is 2.37. The minimum absolute atomic E-state index is 0.178. The Morgan fingerprint density at radius 2 is 1.96 bits per heavy atom.